The van der Waals surface area contributed by atoms with Gasteiger partial charge in [-0.15, -0.1) is 0 Å². The Morgan fingerprint density at radius 2 is 1.67 bits per heavy atom. The molecule has 0 unspecified atom stereocenters. The number of ether oxygens (including phenoxy) is 2. The smallest absolute Gasteiger partial charge is 0.253 e. The molecule has 0 spiro atoms. The zero-order valence-corrected chi connectivity index (χ0v) is 17.9. The third-order valence-electron chi connectivity index (χ3n) is 5.09. The van der Waals surface area contributed by atoms with Crippen LogP contribution in [0.1, 0.15) is 35.3 Å². The fourth-order valence-electron chi connectivity index (χ4n) is 3.34. The summed E-state index contributed by atoms with van der Waals surface area (Å²) in [5.74, 6) is 1.19. The quantitative estimate of drug-likeness (QED) is 0.500. The molecule has 0 radical (unpaired) electrons. The van der Waals surface area contributed by atoms with Gasteiger partial charge in [-0.05, 0) is 37.5 Å². The summed E-state index contributed by atoms with van der Waals surface area (Å²) in [6, 6.07) is 17.5. The van der Waals surface area contributed by atoms with E-state index in [1.807, 2.05) is 25.2 Å². The van der Waals surface area contributed by atoms with Crippen LogP contribution < -0.4 is 9.47 Å². The summed E-state index contributed by atoms with van der Waals surface area (Å²) in [5, 5.41) is 7.53. The van der Waals surface area contributed by atoms with E-state index in [0.29, 0.717) is 23.6 Å². The number of unbranched alkanes of at least 4 members (excludes halogenated alkanes) is 2. The molecule has 30 heavy (non-hydrogen) atoms. The average molecular weight is 408 g/mol. The van der Waals surface area contributed by atoms with E-state index in [0.717, 1.165) is 42.6 Å². The van der Waals surface area contributed by atoms with Crippen molar-refractivity contribution in [3.8, 4) is 22.8 Å². The maximum atomic E-state index is 12.7. The summed E-state index contributed by atoms with van der Waals surface area (Å²) in [7, 11) is 4.99. The number of nitrogens with one attached hydrogen (secondary N) is 1. The standard InChI is InChI=1S/C24H29N3O3/c1-27(24(28)19-14-21(29-2)17-22(15-19)30-3)13-9-5-8-12-20-16-23(26-25-20)18-10-6-4-7-11-18/h4,6-7,10-11,14-17H,5,8-9,12-13H2,1-3H3,(H,25,26). The number of amides is 1. The minimum Gasteiger partial charge on any atom is -0.497 e. The maximum absolute atomic E-state index is 12.7. The van der Waals surface area contributed by atoms with Crippen LogP contribution in [0.3, 0.4) is 0 Å². The van der Waals surface area contributed by atoms with Crippen molar-refractivity contribution in [2.75, 3.05) is 27.8 Å². The first-order valence-corrected chi connectivity index (χ1v) is 10.2. The third-order valence-corrected chi connectivity index (χ3v) is 5.09. The molecular weight excluding hydrogens is 378 g/mol. The van der Waals surface area contributed by atoms with E-state index in [2.05, 4.69) is 28.4 Å². The first kappa shape index (κ1) is 21.4. The molecule has 0 aliphatic heterocycles. The summed E-state index contributed by atoms with van der Waals surface area (Å²) in [6.45, 7) is 0.705. The highest BCUT2D eigenvalue weighted by Gasteiger charge is 2.14. The van der Waals surface area contributed by atoms with Gasteiger partial charge in [0.1, 0.15) is 11.5 Å². The van der Waals surface area contributed by atoms with Gasteiger partial charge in [0, 0.05) is 36.5 Å². The highest BCUT2D eigenvalue weighted by atomic mass is 16.5. The van der Waals surface area contributed by atoms with Gasteiger partial charge in [0.2, 0.25) is 0 Å². The molecule has 0 fully saturated rings. The third kappa shape index (κ3) is 5.63. The fraction of sp³-hybridized carbons (Fsp3) is 0.333. The van der Waals surface area contributed by atoms with Gasteiger partial charge < -0.3 is 14.4 Å². The highest BCUT2D eigenvalue weighted by Crippen LogP contribution is 2.23. The van der Waals surface area contributed by atoms with Crippen molar-refractivity contribution in [1.82, 2.24) is 15.1 Å². The molecule has 3 rings (SSSR count). The largest absolute Gasteiger partial charge is 0.497 e. The summed E-state index contributed by atoms with van der Waals surface area (Å²) in [5.41, 5.74) is 3.81. The number of aromatic amines is 1. The number of carbonyl (C=O) groups is 1. The predicted octanol–water partition coefficient (Wildman–Crippen LogP) is 4.58. The van der Waals surface area contributed by atoms with E-state index in [1.165, 1.54) is 0 Å². The van der Waals surface area contributed by atoms with Crippen LogP contribution in [0.15, 0.2) is 54.6 Å². The van der Waals surface area contributed by atoms with Crippen LogP contribution in [-0.2, 0) is 6.42 Å². The lowest BCUT2D eigenvalue weighted by Gasteiger charge is -2.18. The zero-order valence-electron chi connectivity index (χ0n) is 17.9. The summed E-state index contributed by atoms with van der Waals surface area (Å²) in [6.07, 6.45) is 3.98. The molecule has 1 N–H and O–H groups in total. The molecule has 0 saturated heterocycles. The van der Waals surface area contributed by atoms with Crippen molar-refractivity contribution >= 4 is 5.91 Å². The Morgan fingerprint density at radius 3 is 2.33 bits per heavy atom. The molecule has 6 nitrogen and oxygen atoms in total. The second-order valence-electron chi connectivity index (χ2n) is 7.28. The van der Waals surface area contributed by atoms with Crippen LogP contribution >= 0.6 is 0 Å². The van der Waals surface area contributed by atoms with Gasteiger partial charge in [0.15, 0.2) is 0 Å². The van der Waals surface area contributed by atoms with E-state index >= 15 is 0 Å². The van der Waals surface area contributed by atoms with Crippen LogP contribution in [0, 0.1) is 0 Å². The maximum Gasteiger partial charge on any atom is 0.253 e. The molecule has 3 aromatic rings. The summed E-state index contributed by atoms with van der Waals surface area (Å²) < 4.78 is 10.5. The van der Waals surface area contributed by atoms with Crippen molar-refractivity contribution in [3.05, 3.63) is 65.9 Å². The van der Waals surface area contributed by atoms with E-state index < -0.39 is 0 Å². The van der Waals surface area contributed by atoms with Gasteiger partial charge in [-0.25, -0.2) is 0 Å². The normalized spacial score (nSPS) is 10.6. The lowest BCUT2D eigenvalue weighted by Crippen LogP contribution is -2.27. The second-order valence-corrected chi connectivity index (χ2v) is 7.28. The fourth-order valence-corrected chi connectivity index (χ4v) is 3.34. The number of rotatable bonds is 10. The molecule has 1 amide bonds. The lowest BCUT2D eigenvalue weighted by atomic mass is 10.1. The van der Waals surface area contributed by atoms with Crippen molar-refractivity contribution in [2.24, 2.45) is 0 Å². The molecule has 158 valence electrons. The first-order valence-electron chi connectivity index (χ1n) is 10.2. The van der Waals surface area contributed by atoms with Crippen LogP contribution in [0.25, 0.3) is 11.3 Å². The topological polar surface area (TPSA) is 67.5 Å². The van der Waals surface area contributed by atoms with E-state index in [-0.39, 0.29) is 5.91 Å². The zero-order chi connectivity index (χ0) is 21.3. The second kappa shape index (κ2) is 10.5. The molecule has 1 aromatic heterocycles. The predicted molar refractivity (Wildman–Crippen MR) is 118 cm³/mol. The van der Waals surface area contributed by atoms with Gasteiger partial charge >= 0.3 is 0 Å². The number of carbonyl (C=O) groups excluding carboxylic acids is 1. The molecule has 0 saturated carbocycles. The number of aryl methyl sites for hydroxylation is 1. The SMILES string of the molecule is COc1cc(OC)cc(C(=O)N(C)CCCCCc2cc(-c3ccccc3)n[nH]2)c1. The number of methoxy groups -OCH3 is 2. The lowest BCUT2D eigenvalue weighted by molar-refractivity contribution is 0.0792. The summed E-state index contributed by atoms with van der Waals surface area (Å²) in [4.78, 5) is 14.5. The minimum atomic E-state index is -0.0340. The van der Waals surface area contributed by atoms with Gasteiger partial charge in [0.05, 0.1) is 19.9 Å². The molecule has 0 atom stereocenters. The Hall–Kier alpha value is -3.28. The Kier molecular flexibility index (Phi) is 7.49. The minimum absolute atomic E-state index is 0.0340. The van der Waals surface area contributed by atoms with Crippen LogP contribution in [-0.4, -0.2) is 48.8 Å². The van der Waals surface area contributed by atoms with Crippen molar-refractivity contribution in [1.29, 1.82) is 0 Å². The van der Waals surface area contributed by atoms with Gasteiger partial charge in [-0.3, -0.25) is 9.89 Å². The highest BCUT2D eigenvalue weighted by molar-refractivity contribution is 5.95. The number of aromatic nitrogens is 2. The Labute approximate surface area is 177 Å². The number of hydrogen-bond donors (Lipinski definition) is 1. The average Bonchev–Trinajstić information content (AvgIpc) is 3.27. The number of nitrogens with zero attached hydrogens (tertiary/aromatic N) is 2. The Bertz CT molecular complexity index is 931. The monoisotopic (exact) mass is 407 g/mol. The molecular formula is C24H29N3O3. The first-order chi connectivity index (χ1) is 14.6. The van der Waals surface area contributed by atoms with E-state index in [4.69, 9.17) is 9.47 Å². The van der Waals surface area contributed by atoms with Crippen LogP contribution in [0.5, 0.6) is 11.5 Å². The molecule has 6 heteroatoms. The van der Waals surface area contributed by atoms with Crippen molar-refractivity contribution < 1.29 is 14.3 Å². The number of H-pyrrole nitrogens is 1. The molecule has 0 aliphatic carbocycles. The van der Waals surface area contributed by atoms with Gasteiger partial charge in [-0.2, -0.15) is 5.10 Å². The van der Waals surface area contributed by atoms with E-state index in [1.54, 1.807) is 37.3 Å². The van der Waals surface area contributed by atoms with Crippen LogP contribution in [0.2, 0.25) is 0 Å². The van der Waals surface area contributed by atoms with E-state index in [9.17, 15) is 4.79 Å². The number of benzene rings is 2. The summed E-state index contributed by atoms with van der Waals surface area (Å²) >= 11 is 0. The van der Waals surface area contributed by atoms with Gasteiger partial charge in [0.25, 0.3) is 5.91 Å². The molecule has 0 bridgehead atoms. The van der Waals surface area contributed by atoms with Crippen molar-refractivity contribution in [2.45, 2.75) is 25.7 Å². The molecule has 1 heterocycles. The Morgan fingerprint density at radius 1 is 0.967 bits per heavy atom. The van der Waals surface area contributed by atoms with Crippen LogP contribution in [0.4, 0.5) is 0 Å². The van der Waals surface area contributed by atoms with Crippen molar-refractivity contribution in [3.63, 3.8) is 0 Å². The molecule has 2 aromatic carbocycles. The molecule has 0 aliphatic rings. The van der Waals surface area contributed by atoms with Gasteiger partial charge in [-0.1, -0.05) is 36.8 Å². The number of hydrogen-bond acceptors (Lipinski definition) is 4. The Balaban J connectivity index is 1.43.